The third-order valence-electron chi connectivity index (χ3n) is 3.43. The summed E-state index contributed by atoms with van der Waals surface area (Å²) >= 11 is 5.55. The first-order chi connectivity index (χ1) is 8.44. The molecule has 0 saturated heterocycles. The van der Waals surface area contributed by atoms with Gasteiger partial charge in [-0.1, -0.05) is 13.8 Å². The lowest BCUT2D eigenvalue weighted by Gasteiger charge is -2.19. The van der Waals surface area contributed by atoms with Crippen LogP contribution in [0.2, 0.25) is 0 Å². The van der Waals surface area contributed by atoms with Gasteiger partial charge in [-0.3, -0.25) is 9.59 Å². The molecule has 0 aliphatic carbocycles. The van der Waals surface area contributed by atoms with Crippen LogP contribution in [0.3, 0.4) is 0 Å². The standard InChI is InChI=1S/C14H16ClNO2/c1-14(2)6-5-9-7-10(12(17)8-15)3-4-11(9)16-13(14)18/h3-4,7H,5-6,8H2,1-2H3,(H,16,18). The van der Waals surface area contributed by atoms with Crippen molar-refractivity contribution in [2.45, 2.75) is 26.7 Å². The van der Waals surface area contributed by atoms with Crippen LogP contribution in [-0.4, -0.2) is 17.6 Å². The minimum Gasteiger partial charge on any atom is -0.325 e. The van der Waals surface area contributed by atoms with E-state index < -0.39 is 0 Å². The Balaban J connectivity index is 2.36. The number of fused-ring (bicyclic) bond motifs is 1. The molecule has 0 radical (unpaired) electrons. The van der Waals surface area contributed by atoms with Crippen LogP contribution in [-0.2, 0) is 11.2 Å². The number of rotatable bonds is 2. The van der Waals surface area contributed by atoms with E-state index in [4.69, 9.17) is 11.6 Å². The van der Waals surface area contributed by atoms with Crippen LogP contribution in [0.15, 0.2) is 18.2 Å². The first-order valence-electron chi connectivity index (χ1n) is 5.97. The molecule has 18 heavy (non-hydrogen) atoms. The Hall–Kier alpha value is -1.35. The van der Waals surface area contributed by atoms with Gasteiger partial charge < -0.3 is 5.32 Å². The summed E-state index contributed by atoms with van der Waals surface area (Å²) in [6.45, 7) is 3.86. The predicted octanol–water partition coefficient (Wildman–Crippen LogP) is 3.02. The smallest absolute Gasteiger partial charge is 0.230 e. The second-order valence-electron chi connectivity index (χ2n) is 5.27. The molecule has 0 unspecified atom stereocenters. The molecule has 96 valence electrons. The lowest BCUT2D eigenvalue weighted by molar-refractivity contribution is -0.124. The van der Waals surface area contributed by atoms with E-state index in [1.165, 1.54) is 0 Å². The van der Waals surface area contributed by atoms with Crippen LogP contribution in [0, 0.1) is 5.41 Å². The van der Waals surface area contributed by atoms with Crippen molar-refractivity contribution >= 4 is 29.0 Å². The van der Waals surface area contributed by atoms with E-state index in [1.54, 1.807) is 12.1 Å². The average Bonchev–Trinajstić information content (AvgIpc) is 2.46. The third-order valence-corrected chi connectivity index (χ3v) is 3.67. The summed E-state index contributed by atoms with van der Waals surface area (Å²) in [5.74, 6) is -0.0802. The monoisotopic (exact) mass is 265 g/mol. The van der Waals surface area contributed by atoms with Crippen LogP contribution in [0.5, 0.6) is 0 Å². The second-order valence-corrected chi connectivity index (χ2v) is 5.53. The van der Waals surface area contributed by atoms with E-state index in [-0.39, 0.29) is 23.0 Å². The van der Waals surface area contributed by atoms with E-state index in [2.05, 4.69) is 5.32 Å². The minimum atomic E-state index is -0.379. The zero-order valence-electron chi connectivity index (χ0n) is 10.5. The SMILES string of the molecule is CC1(C)CCc2cc(C(=O)CCl)ccc2NC1=O. The number of ketones is 1. The van der Waals surface area contributed by atoms with Crippen molar-refractivity contribution in [3.8, 4) is 0 Å². The number of hydrogen-bond acceptors (Lipinski definition) is 2. The molecule has 0 bridgehead atoms. The largest absolute Gasteiger partial charge is 0.325 e. The first-order valence-corrected chi connectivity index (χ1v) is 6.51. The Bertz CT molecular complexity index is 509. The Morgan fingerprint density at radius 3 is 2.83 bits per heavy atom. The molecule has 1 aromatic carbocycles. The predicted molar refractivity (Wildman–Crippen MR) is 72.2 cm³/mol. The van der Waals surface area contributed by atoms with E-state index in [0.29, 0.717) is 5.56 Å². The summed E-state index contributed by atoms with van der Waals surface area (Å²) in [5.41, 5.74) is 2.04. The number of alkyl halides is 1. The molecule has 3 nitrogen and oxygen atoms in total. The number of nitrogens with one attached hydrogen (secondary N) is 1. The van der Waals surface area contributed by atoms with Gasteiger partial charge in [0.05, 0.1) is 5.88 Å². The second kappa shape index (κ2) is 4.73. The molecule has 4 heteroatoms. The molecule has 1 aliphatic heterocycles. The molecule has 0 saturated carbocycles. The number of amides is 1. The number of aryl methyl sites for hydroxylation is 1. The van der Waals surface area contributed by atoms with Crippen molar-refractivity contribution in [2.24, 2.45) is 5.41 Å². The van der Waals surface area contributed by atoms with Crippen LogP contribution in [0.1, 0.15) is 36.2 Å². The number of carbonyl (C=O) groups is 2. The van der Waals surface area contributed by atoms with Gasteiger partial charge in [0.25, 0.3) is 0 Å². The van der Waals surface area contributed by atoms with Gasteiger partial charge >= 0.3 is 0 Å². The van der Waals surface area contributed by atoms with Gasteiger partial charge in [0.1, 0.15) is 0 Å². The molecule has 0 atom stereocenters. The van der Waals surface area contributed by atoms with Crippen molar-refractivity contribution in [1.82, 2.24) is 0 Å². The van der Waals surface area contributed by atoms with E-state index in [9.17, 15) is 9.59 Å². The molecule has 1 aliphatic rings. The molecule has 2 rings (SSSR count). The molecule has 1 amide bonds. The summed E-state index contributed by atoms with van der Waals surface area (Å²) < 4.78 is 0. The highest BCUT2D eigenvalue weighted by Gasteiger charge is 2.30. The van der Waals surface area contributed by atoms with E-state index in [1.807, 2.05) is 19.9 Å². The number of carbonyl (C=O) groups excluding carboxylic acids is 2. The molecule has 1 N–H and O–H groups in total. The van der Waals surface area contributed by atoms with Crippen molar-refractivity contribution in [3.63, 3.8) is 0 Å². The van der Waals surface area contributed by atoms with Gasteiger partial charge in [-0.2, -0.15) is 0 Å². The molecule has 1 aromatic rings. The van der Waals surface area contributed by atoms with Crippen LogP contribution in [0.25, 0.3) is 0 Å². The summed E-state index contributed by atoms with van der Waals surface area (Å²) in [5, 5.41) is 2.91. The Labute approximate surface area is 112 Å². The lowest BCUT2D eigenvalue weighted by Crippen LogP contribution is -2.29. The molecule has 0 fully saturated rings. The van der Waals surface area contributed by atoms with Crippen molar-refractivity contribution in [3.05, 3.63) is 29.3 Å². The van der Waals surface area contributed by atoms with Gasteiger partial charge in [0.2, 0.25) is 5.91 Å². The van der Waals surface area contributed by atoms with Crippen LogP contribution < -0.4 is 5.32 Å². The van der Waals surface area contributed by atoms with E-state index >= 15 is 0 Å². The normalized spacial score (nSPS) is 17.6. The number of Topliss-reactive ketones (excluding diaryl/α,β-unsaturated/α-hetero) is 1. The van der Waals surface area contributed by atoms with Crippen molar-refractivity contribution in [1.29, 1.82) is 0 Å². The maximum absolute atomic E-state index is 12.0. The number of benzene rings is 1. The lowest BCUT2D eigenvalue weighted by atomic mass is 9.86. The van der Waals surface area contributed by atoms with Gasteiger partial charge in [-0.25, -0.2) is 0 Å². The fourth-order valence-corrected chi connectivity index (χ4v) is 2.18. The number of halogens is 1. The Kier molecular flexibility index (Phi) is 3.44. The minimum absolute atomic E-state index is 0.0172. The molecule has 0 aromatic heterocycles. The van der Waals surface area contributed by atoms with Gasteiger partial charge in [0, 0.05) is 16.7 Å². The zero-order valence-corrected chi connectivity index (χ0v) is 11.3. The number of anilines is 1. The van der Waals surface area contributed by atoms with Crippen LogP contribution in [0.4, 0.5) is 5.69 Å². The molecule has 0 spiro atoms. The highest BCUT2D eigenvalue weighted by Crippen LogP contribution is 2.32. The van der Waals surface area contributed by atoms with Crippen molar-refractivity contribution < 1.29 is 9.59 Å². The van der Waals surface area contributed by atoms with Gasteiger partial charge in [0.15, 0.2) is 5.78 Å². The molecular formula is C14H16ClNO2. The average molecular weight is 266 g/mol. The maximum Gasteiger partial charge on any atom is 0.230 e. The fraction of sp³-hybridized carbons (Fsp3) is 0.429. The summed E-state index contributed by atoms with van der Waals surface area (Å²) in [6, 6.07) is 5.33. The fourth-order valence-electron chi connectivity index (χ4n) is 2.03. The first kappa shape index (κ1) is 13.1. The quantitative estimate of drug-likeness (QED) is 0.660. The molecule has 1 heterocycles. The highest BCUT2D eigenvalue weighted by molar-refractivity contribution is 6.30. The summed E-state index contributed by atoms with van der Waals surface area (Å²) in [4.78, 5) is 23.5. The van der Waals surface area contributed by atoms with Crippen molar-refractivity contribution in [2.75, 3.05) is 11.2 Å². The Morgan fingerprint density at radius 2 is 2.17 bits per heavy atom. The zero-order chi connectivity index (χ0) is 13.3. The maximum atomic E-state index is 12.0. The van der Waals surface area contributed by atoms with Crippen LogP contribution >= 0.6 is 11.6 Å². The summed E-state index contributed by atoms with van der Waals surface area (Å²) in [6.07, 6.45) is 1.55. The van der Waals surface area contributed by atoms with Gasteiger partial charge in [-0.05, 0) is 36.6 Å². The van der Waals surface area contributed by atoms with Gasteiger partial charge in [-0.15, -0.1) is 11.6 Å². The third kappa shape index (κ3) is 2.41. The molecular weight excluding hydrogens is 250 g/mol. The number of hydrogen-bond donors (Lipinski definition) is 1. The summed E-state index contributed by atoms with van der Waals surface area (Å²) in [7, 11) is 0. The topological polar surface area (TPSA) is 46.2 Å². The highest BCUT2D eigenvalue weighted by atomic mass is 35.5. The van der Waals surface area contributed by atoms with E-state index in [0.717, 1.165) is 24.1 Å². The Morgan fingerprint density at radius 1 is 1.44 bits per heavy atom.